The zero-order valence-corrected chi connectivity index (χ0v) is 14.4. The normalized spacial score (nSPS) is 18.2. The fraction of sp³-hybridized carbons (Fsp3) is 0.389. The minimum absolute atomic E-state index is 0.100. The summed E-state index contributed by atoms with van der Waals surface area (Å²) in [7, 11) is 0. The smallest absolute Gasteiger partial charge is 0.339 e. The van der Waals surface area contributed by atoms with Gasteiger partial charge in [0.1, 0.15) is 6.54 Å². The fourth-order valence-electron chi connectivity index (χ4n) is 3.47. The molecule has 1 amide bonds. The minimum atomic E-state index is -4.46. The van der Waals surface area contributed by atoms with Crippen LogP contribution in [0.2, 0.25) is 0 Å². The van der Waals surface area contributed by atoms with Crippen LogP contribution in [-0.2, 0) is 17.5 Å². The Morgan fingerprint density at radius 1 is 1.22 bits per heavy atom. The van der Waals surface area contributed by atoms with Crippen LogP contribution in [-0.4, -0.2) is 43.5 Å². The molecule has 0 bridgehead atoms. The molecule has 1 unspecified atom stereocenters. The molecule has 1 aliphatic rings. The van der Waals surface area contributed by atoms with Gasteiger partial charge >= 0.3 is 6.18 Å². The third-order valence-corrected chi connectivity index (χ3v) is 4.86. The molecule has 9 heteroatoms. The summed E-state index contributed by atoms with van der Waals surface area (Å²) < 4.78 is 41.3. The van der Waals surface area contributed by atoms with E-state index in [1.54, 1.807) is 15.8 Å². The first-order valence-electron chi connectivity index (χ1n) is 8.72. The number of carbonyl (C=O) groups is 1. The summed E-state index contributed by atoms with van der Waals surface area (Å²) >= 11 is 0. The number of hydrogen-bond donors (Lipinski definition) is 0. The molecule has 1 aliphatic heterocycles. The Morgan fingerprint density at radius 2 is 2.04 bits per heavy atom. The van der Waals surface area contributed by atoms with Gasteiger partial charge in [0.05, 0.1) is 17.8 Å². The zero-order chi connectivity index (χ0) is 19.0. The van der Waals surface area contributed by atoms with Crippen LogP contribution >= 0.6 is 0 Å². The first-order chi connectivity index (χ1) is 12.9. The fourth-order valence-corrected chi connectivity index (χ4v) is 3.47. The van der Waals surface area contributed by atoms with E-state index in [4.69, 9.17) is 0 Å². The molecule has 1 atom stereocenters. The van der Waals surface area contributed by atoms with Crippen LogP contribution in [0.1, 0.15) is 24.6 Å². The van der Waals surface area contributed by atoms with Crippen molar-refractivity contribution >= 4 is 16.8 Å². The van der Waals surface area contributed by atoms with Crippen LogP contribution in [0.5, 0.6) is 0 Å². The van der Waals surface area contributed by atoms with Crippen LogP contribution in [0.3, 0.4) is 0 Å². The molecule has 142 valence electrons. The van der Waals surface area contributed by atoms with Gasteiger partial charge in [-0.05, 0) is 25.0 Å². The van der Waals surface area contributed by atoms with Crippen LogP contribution < -0.4 is 0 Å². The Kier molecular flexibility index (Phi) is 4.37. The molecule has 6 nitrogen and oxygen atoms in total. The van der Waals surface area contributed by atoms with Crippen molar-refractivity contribution < 1.29 is 18.0 Å². The number of carbonyl (C=O) groups excluding carboxylic acids is 1. The average molecular weight is 377 g/mol. The Bertz CT molecular complexity index is 961. The molecule has 1 fully saturated rings. The van der Waals surface area contributed by atoms with Crippen molar-refractivity contribution in [2.45, 2.75) is 31.6 Å². The maximum atomic E-state index is 12.8. The molecule has 1 saturated heterocycles. The molecule has 0 N–H and O–H groups in total. The van der Waals surface area contributed by atoms with E-state index in [2.05, 4.69) is 10.2 Å². The van der Waals surface area contributed by atoms with E-state index in [9.17, 15) is 18.0 Å². The number of nitrogens with zero attached hydrogens (tertiary/aromatic N) is 5. The number of fused-ring (bicyclic) bond motifs is 1. The highest BCUT2D eigenvalue weighted by atomic mass is 19.4. The Labute approximate surface area is 153 Å². The predicted molar refractivity (Wildman–Crippen MR) is 91.8 cm³/mol. The van der Waals surface area contributed by atoms with E-state index in [1.807, 2.05) is 24.3 Å². The Morgan fingerprint density at radius 3 is 2.81 bits per heavy atom. The number of aromatic nitrogens is 4. The monoisotopic (exact) mass is 377 g/mol. The van der Waals surface area contributed by atoms with Crippen LogP contribution in [0.4, 0.5) is 13.2 Å². The number of para-hydroxylation sites is 1. The van der Waals surface area contributed by atoms with E-state index < -0.39 is 11.9 Å². The molecular weight excluding hydrogens is 359 g/mol. The summed E-state index contributed by atoms with van der Waals surface area (Å²) in [6.07, 6.45) is -0.00595. The van der Waals surface area contributed by atoms with Gasteiger partial charge in [0.25, 0.3) is 0 Å². The largest absolute Gasteiger partial charge is 0.435 e. The van der Waals surface area contributed by atoms with E-state index >= 15 is 0 Å². The maximum Gasteiger partial charge on any atom is 0.435 e. The van der Waals surface area contributed by atoms with Gasteiger partial charge in [-0.1, -0.05) is 18.2 Å². The van der Waals surface area contributed by atoms with Crippen molar-refractivity contribution in [3.05, 3.63) is 48.4 Å². The zero-order valence-electron chi connectivity index (χ0n) is 14.4. The van der Waals surface area contributed by atoms with Gasteiger partial charge in [0.15, 0.2) is 5.69 Å². The third-order valence-electron chi connectivity index (χ3n) is 4.86. The molecule has 4 rings (SSSR count). The molecule has 27 heavy (non-hydrogen) atoms. The number of likely N-dealkylation sites (tertiary alicyclic amines) is 1. The molecule has 0 spiro atoms. The van der Waals surface area contributed by atoms with E-state index in [0.29, 0.717) is 19.5 Å². The standard InChI is InChI=1S/C18H18F3N5O/c19-18(20,21)16-7-9-25(23-16)14-5-3-8-24(11-14)17(27)12-26-15-6-2-1-4-13(15)10-22-26/h1-2,4,6-7,9-10,14H,3,5,8,11-12H2. The SMILES string of the molecule is O=C(Cn1ncc2ccccc21)N1CCCC(n2ccc(C(F)(F)F)n2)C1. The topological polar surface area (TPSA) is 56.0 Å². The highest BCUT2D eigenvalue weighted by molar-refractivity contribution is 5.82. The number of rotatable bonds is 3. The lowest BCUT2D eigenvalue weighted by Crippen LogP contribution is -2.42. The van der Waals surface area contributed by atoms with Crippen LogP contribution in [0.25, 0.3) is 10.9 Å². The second-order valence-corrected chi connectivity index (χ2v) is 6.68. The third kappa shape index (κ3) is 3.54. The lowest BCUT2D eigenvalue weighted by Gasteiger charge is -2.33. The molecule has 0 saturated carbocycles. The molecule has 3 aromatic rings. The van der Waals surface area contributed by atoms with Gasteiger partial charge in [-0.15, -0.1) is 0 Å². The second kappa shape index (κ2) is 6.71. The van der Waals surface area contributed by atoms with E-state index in [1.165, 1.54) is 10.9 Å². The van der Waals surface area contributed by atoms with E-state index in [0.717, 1.165) is 23.4 Å². The molecule has 0 aliphatic carbocycles. The number of alkyl halides is 3. The lowest BCUT2D eigenvalue weighted by atomic mass is 10.1. The van der Waals surface area contributed by atoms with Gasteiger partial charge in [-0.25, -0.2) is 0 Å². The summed E-state index contributed by atoms with van der Waals surface area (Å²) in [6, 6.07) is 8.33. The lowest BCUT2D eigenvalue weighted by molar-refractivity contribution is -0.142. The first-order valence-corrected chi connectivity index (χ1v) is 8.72. The average Bonchev–Trinajstić information content (AvgIpc) is 3.30. The summed E-state index contributed by atoms with van der Waals surface area (Å²) in [5, 5.41) is 8.87. The molecular formula is C18H18F3N5O. The Hall–Kier alpha value is -2.84. The summed E-state index contributed by atoms with van der Waals surface area (Å²) in [5.74, 6) is -0.100. The van der Waals surface area contributed by atoms with Crippen molar-refractivity contribution in [2.24, 2.45) is 0 Å². The summed E-state index contributed by atoms with van der Waals surface area (Å²) in [4.78, 5) is 14.4. The van der Waals surface area contributed by atoms with Crippen LogP contribution in [0.15, 0.2) is 42.7 Å². The molecule has 0 radical (unpaired) electrons. The maximum absolute atomic E-state index is 12.8. The van der Waals surface area contributed by atoms with Gasteiger partial charge < -0.3 is 4.90 Å². The number of hydrogen-bond acceptors (Lipinski definition) is 3. The van der Waals surface area contributed by atoms with Crippen molar-refractivity contribution in [1.29, 1.82) is 0 Å². The minimum Gasteiger partial charge on any atom is -0.339 e. The highest BCUT2D eigenvalue weighted by Gasteiger charge is 2.35. The molecule has 2 aromatic heterocycles. The summed E-state index contributed by atoms with van der Waals surface area (Å²) in [5.41, 5.74) is -0.0322. The second-order valence-electron chi connectivity index (χ2n) is 6.68. The molecule has 3 heterocycles. The van der Waals surface area contributed by atoms with Gasteiger partial charge in [0, 0.05) is 24.7 Å². The number of benzene rings is 1. The molecule has 1 aromatic carbocycles. The van der Waals surface area contributed by atoms with Crippen molar-refractivity contribution in [3.63, 3.8) is 0 Å². The van der Waals surface area contributed by atoms with Gasteiger partial charge in [0.2, 0.25) is 5.91 Å². The Balaban J connectivity index is 1.46. The number of piperidine rings is 1. The van der Waals surface area contributed by atoms with Gasteiger partial charge in [-0.2, -0.15) is 23.4 Å². The highest BCUT2D eigenvalue weighted by Crippen LogP contribution is 2.29. The quantitative estimate of drug-likeness (QED) is 0.705. The van der Waals surface area contributed by atoms with Gasteiger partial charge in [-0.3, -0.25) is 14.2 Å². The number of halogens is 3. The van der Waals surface area contributed by atoms with Crippen molar-refractivity contribution in [2.75, 3.05) is 13.1 Å². The first kappa shape index (κ1) is 17.6. The van der Waals surface area contributed by atoms with Crippen LogP contribution in [0, 0.1) is 0 Å². The van der Waals surface area contributed by atoms with Crippen molar-refractivity contribution in [3.8, 4) is 0 Å². The van der Waals surface area contributed by atoms with Crippen molar-refractivity contribution in [1.82, 2.24) is 24.5 Å². The summed E-state index contributed by atoms with van der Waals surface area (Å²) in [6.45, 7) is 1.03. The van der Waals surface area contributed by atoms with E-state index in [-0.39, 0.29) is 18.5 Å². The predicted octanol–water partition coefficient (Wildman–Crippen LogP) is 3.12. The number of amides is 1.